The number of nitrogens with zero attached hydrogens (tertiary/aromatic N) is 2. The Kier molecular flexibility index (Phi) is 4.13. The first-order valence-corrected chi connectivity index (χ1v) is 8.04. The van der Waals surface area contributed by atoms with Gasteiger partial charge in [0, 0.05) is 6.54 Å². The van der Waals surface area contributed by atoms with Crippen molar-refractivity contribution < 1.29 is 8.42 Å². The number of hydrogen-bond donors (Lipinski definition) is 2. The molecule has 1 heterocycles. The van der Waals surface area contributed by atoms with E-state index in [9.17, 15) is 8.42 Å². The summed E-state index contributed by atoms with van der Waals surface area (Å²) in [4.78, 5) is 0. The zero-order valence-corrected chi connectivity index (χ0v) is 12.0. The number of aromatic nitrogens is 2. The van der Waals surface area contributed by atoms with E-state index in [1.807, 2.05) is 12.1 Å². The molecule has 0 unspecified atom stereocenters. The summed E-state index contributed by atoms with van der Waals surface area (Å²) in [5.41, 5.74) is 7.15. The third kappa shape index (κ3) is 3.98. The van der Waals surface area contributed by atoms with Crippen LogP contribution in [0.2, 0.25) is 0 Å². The zero-order valence-electron chi connectivity index (χ0n) is 10.3. The summed E-state index contributed by atoms with van der Waals surface area (Å²) in [6.07, 6.45) is 0. The lowest BCUT2D eigenvalue weighted by Gasteiger charge is -2.05. The molecular formula is C11H14N4O2S2. The van der Waals surface area contributed by atoms with E-state index in [1.165, 1.54) is 11.3 Å². The Hall–Kier alpha value is -1.51. The van der Waals surface area contributed by atoms with Crippen molar-refractivity contribution in [2.24, 2.45) is 5.73 Å². The molecule has 2 aromatic rings. The van der Waals surface area contributed by atoms with Crippen LogP contribution in [0.4, 0.5) is 5.13 Å². The summed E-state index contributed by atoms with van der Waals surface area (Å²) in [6.45, 7) is 2.20. The van der Waals surface area contributed by atoms with Crippen molar-refractivity contribution in [2.45, 2.75) is 19.2 Å². The Morgan fingerprint density at radius 2 is 1.84 bits per heavy atom. The second kappa shape index (κ2) is 5.64. The predicted molar refractivity (Wildman–Crippen MR) is 75.2 cm³/mol. The summed E-state index contributed by atoms with van der Waals surface area (Å²) in [7, 11) is -3.47. The van der Waals surface area contributed by atoms with Gasteiger partial charge in [0.1, 0.15) is 5.01 Å². The first kappa shape index (κ1) is 13.9. The second-order valence-corrected chi connectivity index (χ2v) is 6.91. The van der Waals surface area contributed by atoms with Gasteiger partial charge in [-0.05, 0) is 18.1 Å². The molecule has 8 heteroatoms. The molecule has 0 bridgehead atoms. The molecule has 0 saturated heterocycles. The minimum Gasteiger partial charge on any atom is -0.326 e. The van der Waals surface area contributed by atoms with E-state index < -0.39 is 10.0 Å². The topological polar surface area (TPSA) is 98.0 Å². The summed E-state index contributed by atoms with van der Waals surface area (Å²) in [5.74, 6) is -0.101. The van der Waals surface area contributed by atoms with Gasteiger partial charge in [0.05, 0.1) is 5.75 Å². The van der Waals surface area contributed by atoms with E-state index >= 15 is 0 Å². The van der Waals surface area contributed by atoms with Gasteiger partial charge in [0.2, 0.25) is 15.2 Å². The van der Waals surface area contributed by atoms with Crippen molar-refractivity contribution in [3.05, 3.63) is 40.4 Å². The number of nitrogens with two attached hydrogens (primary N) is 1. The Morgan fingerprint density at radius 3 is 2.37 bits per heavy atom. The molecule has 102 valence electrons. The number of hydrogen-bond acceptors (Lipinski definition) is 6. The molecule has 3 N–H and O–H groups in total. The smallest absolute Gasteiger partial charge is 0.238 e. The van der Waals surface area contributed by atoms with Crippen LogP contribution in [0.1, 0.15) is 16.1 Å². The van der Waals surface area contributed by atoms with E-state index in [0.29, 0.717) is 17.1 Å². The van der Waals surface area contributed by atoms with Crippen LogP contribution in [0.25, 0.3) is 0 Å². The number of nitrogens with one attached hydrogen (secondary N) is 1. The van der Waals surface area contributed by atoms with Gasteiger partial charge in [0.25, 0.3) is 0 Å². The molecule has 0 aliphatic carbocycles. The van der Waals surface area contributed by atoms with Crippen LogP contribution < -0.4 is 10.5 Å². The lowest BCUT2D eigenvalue weighted by molar-refractivity contribution is 0.600. The number of sulfonamides is 1. The molecule has 0 amide bonds. The average molecular weight is 298 g/mol. The van der Waals surface area contributed by atoms with Crippen molar-refractivity contribution in [1.29, 1.82) is 0 Å². The first-order chi connectivity index (χ1) is 8.98. The zero-order chi connectivity index (χ0) is 13.9. The maximum atomic E-state index is 11.9. The highest BCUT2D eigenvalue weighted by Gasteiger charge is 2.14. The van der Waals surface area contributed by atoms with Gasteiger partial charge >= 0.3 is 0 Å². The van der Waals surface area contributed by atoms with Crippen LogP contribution in [0.3, 0.4) is 0 Å². The van der Waals surface area contributed by atoms with Gasteiger partial charge in [-0.15, -0.1) is 10.2 Å². The molecular weight excluding hydrogens is 284 g/mol. The van der Waals surface area contributed by atoms with Crippen LogP contribution >= 0.6 is 11.3 Å². The molecule has 0 aliphatic heterocycles. The van der Waals surface area contributed by atoms with Crippen LogP contribution in [-0.2, 0) is 22.3 Å². The fraction of sp³-hybridized carbons (Fsp3) is 0.273. The fourth-order valence-corrected chi connectivity index (χ4v) is 3.50. The van der Waals surface area contributed by atoms with Gasteiger partial charge < -0.3 is 5.73 Å². The van der Waals surface area contributed by atoms with E-state index in [-0.39, 0.29) is 10.9 Å². The minimum atomic E-state index is -3.47. The predicted octanol–water partition coefficient (Wildman–Crippen LogP) is 1.25. The summed E-state index contributed by atoms with van der Waals surface area (Å²) < 4.78 is 26.3. The third-order valence-electron chi connectivity index (χ3n) is 2.38. The number of aryl methyl sites for hydroxylation is 1. The molecule has 1 aromatic heterocycles. The van der Waals surface area contributed by atoms with Crippen LogP contribution in [0.15, 0.2) is 24.3 Å². The van der Waals surface area contributed by atoms with Crippen molar-refractivity contribution in [3.8, 4) is 0 Å². The summed E-state index contributed by atoms with van der Waals surface area (Å²) >= 11 is 1.20. The van der Waals surface area contributed by atoms with E-state index in [1.54, 1.807) is 19.1 Å². The van der Waals surface area contributed by atoms with Gasteiger partial charge in [-0.3, -0.25) is 4.72 Å². The Balaban J connectivity index is 2.07. The monoisotopic (exact) mass is 298 g/mol. The number of anilines is 1. The molecule has 0 spiro atoms. The number of benzene rings is 1. The molecule has 6 nitrogen and oxygen atoms in total. The molecule has 1 aromatic carbocycles. The lowest BCUT2D eigenvalue weighted by atomic mass is 10.1. The molecule has 0 aliphatic rings. The largest absolute Gasteiger partial charge is 0.326 e. The van der Waals surface area contributed by atoms with Crippen LogP contribution in [0, 0.1) is 6.92 Å². The Morgan fingerprint density at radius 1 is 1.21 bits per heavy atom. The molecule has 2 rings (SSSR count). The molecule has 0 saturated carbocycles. The molecule has 0 atom stereocenters. The molecule has 0 fully saturated rings. The van der Waals surface area contributed by atoms with Crippen molar-refractivity contribution in [2.75, 3.05) is 4.72 Å². The Labute approximate surface area is 115 Å². The fourth-order valence-electron chi connectivity index (χ4n) is 1.50. The first-order valence-electron chi connectivity index (χ1n) is 5.57. The quantitative estimate of drug-likeness (QED) is 0.865. The second-order valence-electron chi connectivity index (χ2n) is 4.01. The molecule has 19 heavy (non-hydrogen) atoms. The van der Waals surface area contributed by atoms with Gasteiger partial charge in [-0.25, -0.2) is 8.42 Å². The molecule has 0 radical (unpaired) electrons. The van der Waals surface area contributed by atoms with Gasteiger partial charge in [-0.1, -0.05) is 35.6 Å². The average Bonchev–Trinajstić information content (AvgIpc) is 2.74. The SMILES string of the molecule is Cc1nnc(NS(=O)(=O)Cc2ccc(CN)cc2)s1. The third-order valence-corrected chi connectivity index (χ3v) is 4.49. The highest BCUT2D eigenvalue weighted by molar-refractivity contribution is 7.92. The normalized spacial score (nSPS) is 11.5. The maximum Gasteiger partial charge on any atom is 0.238 e. The van der Waals surface area contributed by atoms with E-state index in [4.69, 9.17) is 5.73 Å². The van der Waals surface area contributed by atoms with Crippen LogP contribution in [0.5, 0.6) is 0 Å². The standard InChI is InChI=1S/C11H14N4O2S2/c1-8-13-14-11(18-8)15-19(16,17)7-10-4-2-9(6-12)3-5-10/h2-5H,6-7,12H2,1H3,(H,14,15). The van der Waals surface area contributed by atoms with E-state index in [2.05, 4.69) is 14.9 Å². The van der Waals surface area contributed by atoms with Crippen LogP contribution in [-0.4, -0.2) is 18.6 Å². The highest BCUT2D eigenvalue weighted by atomic mass is 32.2. The summed E-state index contributed by atoms with van der Waals surface area (Å²) in [5, 5.41) is 8.49. The van der Waals surface area contributed by atoms with E-state index in [0.717, 1.165) is 5.56 Å². The van der Waals surface area contributed by atoms with Crippen molar-refractivity contribution in [1.82, 2.24) is 10.2 Å². The minimum absolute atomic E-state index is 0.101. The lowest BCUT2D eigenvalue weighted by Crippen LogP contribution is -2.15. The number of rotatable bonds is 5. The maximum absolute atomic E-state index is 11.9. The summed E-state index contributed by atoms with van der Waals surface area (Å²) in [6, 6.07) is 7.15. The highest BCUT2D eigenvalue weighted by Crippen LogP contribution is 2.17. The van der Waals surface area contributed by atoms with Gasteiger partial charge in [0.15, 0.2) is 0 Å². The van der Waals surface area contributed by atoms with Crippen molar-refractivity contribution in [3.63, 3.8) is 0 Å². The van der Waals surface area contributed by atoms with Gasteiger partial charge in [-0.2, -0.15) is 0 Å². The Bertz CT molecular complexity index is 650. The van der Waals surface area contributed by atoms with Crippen molar-refractivity contribution >= 4 is 26.5 Å².